The Balaban J connectivity index is 3.41. The molecule has 0 unspecified atom stereocenters. The average molecular weight is 309 g/mol. The first-order chi connectivity index (χ1) is 6.06. The van der Waals surface area contributed by atoms with Crippen LogP contribution in [0.25, 0.3) is 0 Å². The SMILES string of the molecule is CC(=O)c1cc(C=O)cc(Cl)c1I. The minimum absolute atomic E-state index is 0.0880. The number of carbonyl (C=O) groups is 2. The maximum absolute atomic E-state index is 11.1. The highest BCUT2D eigenvalue weighted by Crippen LogP contribution is 2.24. The van der Waals surface area contributed by atoms with Gasteiger partial charge in [-0.3, -0.25) is 9.59 Å². The van der Waals surface area contributed by atoms with Crippen LogP contribution in [-0.2, 0) is 0 Å². The van der Waals surface area contributed by atoms with Gasteiger partial charge in [0.2, 0.25) is 0 Å². The molecule has 0 aliphatic carbocycles. The highest BCUT2D eigenvalue weighted by molar-refractivity contribution is 14.1. The van der Waals surface area contributed by atoms with Crippen LogP contribution in [0.2, 0.25) is 5.02 Å². The Kier molecular flexibility index (Phi) is 3.44. The van der Waals surface area contributed by atoms with Crippen molar-refractivity contribution in [1.29, 1.82) is 0 Å². The van der Waals surface area contributed by atoms with Gasteiger partial charge in [-0.25, -0.2) is 0 Å². The first-order valence-corrected chi connectivity index (χ1v) is 4.97. The number of ketones is 1. The molecule has 2 nitrogen and oxygen atoms in total. The van der Waals surface area contributed by atoms with Crippen molar-refractivity contribution >= 4 is 46.3 Å². The van der Waals surface area contributed by atoms with Crippen molar-refractivity contribution in [2.45, 2.75) is 6.92 Å². The molecular formula is C9H6ClIO2. The van der Waals surface area contributed by atoms with Crippen molar-refractivity contribution in [3.63, 3.8) is 0 Å². The van der Waals surface area contributed by atoms with Gasteiger partial charge in [0.15, 0.2) is 5.78 Å². The zero-order chi connectivity index (χ0) is 10.0. The molecule has 0 amide bonds. The standard InChI is InChI=1S/C9H6ClIO2/c1-5(13)7-2-6(4-12)3-8(10)9(7)11/h2-4H,1H3. The quantitative estimate of drug-likeness (QED) is 0.478. The average Bonchev–Trinajstić information content (AvgIpc) is 2.09. The third kappa shape index (κ3) is 2.28. The lowest BCUT2D eigenvalue weighted by atomic mass is 10.1. The summed E-state index contributed by atoms with van der Waals surface area (Å²) >= 11 is 7.81. The number of aldehydes is 1. The molecule has 0 aromatic heterocycles. The molecule has 1 rings (SSSR count). The van der Waals surface area contributed by atoms with Gasteiger partial charge in [-0.1, -0.05) is 11.6 Å². The molecule has 0 fully saturated rings. The molecule has 0 aliphatic rings. The van der Waals surface area contributed by atoms with Crippen LogP contribution >= 0.6 is 34.2 Å². The van der Waals surface area contributed by atoms with Crippen molar-refractivity contribution in [2.24, 2.45) is 0 Å². The van der Waals surface area contributed by atoms with E-state index in [1.54, 1.807) is 12.1 Å². The molecule has 68 valence electrons. The molecule has 0 saturated heterocycles. The van der Waals surface area contributed by atoms with Gasteiger partial charge >= 0.3 is 0 Å². The van der Waals surface area contributed by atoms with Gasteiger partial charge in [-0.15, -0.1) is 0 Å². The maximum atomic E-state index is 11.1. The van der Waals surface area contributed by atoms with Crippen LogP contribution in [0.4, 0.5) is 0 Å². The lowest BCUT2D eigenvalue weighted by molar-refractivity contribution is 0.101. The normalized spacial score (nSPS) is 9.77. The second-order valence-electron chi connectivity index (χ2n) is 2.54. The fraction of sp³-hybridized carbons (Fsp3) is 0.111. The van der Waals surface area contributed by atoms with E-state index in [2.05, 4.69) is 0 Å². The Hall–Kier alpha value is -0.420. The van der Waals surface area contributed by atoms with Crippen LogP contribution in [-0.4, -0.2) is 12.1 Å². The van der Waals surface area contributed by atoms with Crippen LogP contribution in [0.3, 0.4) is 0 Å². The Labute approximate surface area is 94.4 Å². The molecule has 0 N–H and O–H groups in total. The van der Waals surface area contributed by atoms with Crippen molar-refractivity contribution < 1.29 is 9.59 Å². The molecule has 0 aliphatic heterocycles. The Morgan fingerprint density at radius 2 is 2.15 bits per heavy atom. The van der Waals surface area contributed by atoms with Crippen molar-refractivity contribution in [3.05, 3.63) is 31.9 Å². The molecule has 13 heavy (non-hydrogen) atoms. The summed E-state index contributed by atoms with van der Waals surface area (Å²) in [6.45, 7) is 1.45. The van der Waals surface area contributed by atoms with Crippen LogP contribution in [0.1, 0.15) is 27.6 Å². The van der Waals surface area contributed by atoms with E-state index in [-0.39, 0.29) is 5.78 Å². The number of hydrogen-bond donors (Lipinski definition) is 0. The van der Waals surface area contributed by atoms with Gasteiger partial charge in [0, 0.05) is 14.7 Å². The van der Waals surface area contributed by atoms with Gasteiger partial charge < -0.3 is 0 Å². The zero-order valence-corrected chi connectivity index (χ0v) is 9.72. The Morgan fingerprint density at radius 3 is 2.62 bits per heavy atom. The maximum Gasteiger partial charge on any atom is 0.160 e. The minimum atomic E-state index is -0.0880. The van der Waals surface area contributed by atoms with E-state index in [1.807, 2.05) is 22.6 Å². The number of benzene rings is 1. The van der Waals surface area contributed by atoms with Gasteiger partial charge in [-0.2, -0.15) is 0 Å². The fourth-order valence-electron chi connectivity index (χ4n) is 0.934. The molecule has 0 atom stereocenters. The molecule has 0 saturated carbocycles. The van der Waals surface area contributed by atoms with Gasteiger partial charge in [0.05, 0.1) is 5.02 Å². The van der Waals surface area contributed by atoms with Crippen LogP contribution in [0, 0.1) is 3.57 Å². The van der Waals surface area contributed by atoms with Crippen molar-refractivity contribution in [1.82, 2.24) is 0 Å². The van der Waals surface area contributed by atoms with E-state index < -0.39 is 0 Å². The minimum Gasteiger partial charge on any atom is -0.298 e. The number of halogens is 2. The largest absolute Gasteiger partial charge is 0.298 e. The summed E-state index contributed by atoms with van der Waals surface area (Å²) in [6, 6.07) is 3.09. The highest BCUT2D eigenvalue weighted by atomic mass is 127. The third-order valence-electron chi connectivity index (χ3n) is 1.57. The molecule has 1 aromatic rings. The van der Waals surface area contributed by atoms with Gasteiger partial charge in [0.1, 0.15) is 6.29 Å². The molecule has 0 bridgehead atoms. The van der Waals surface area contributed by atoms with E-state index in [0.717, 1.165) is 0 Å². The lowest BCUT2D eigenvalue weighted by Gasteiger charge is -2.03. The van der Waals surface area contributed by atoms with Crippen LogP contribution < -0.4 is 0 Å². The summed E-state index contributed by atoms with van der Waals surface area (Å²) < 4.78 is 0.692. The first-order valence-electron chi connectivity index (χ1n) is 3.51. The summed E-state index contributed by atoms with van der Waals surface area (Å²) in [6.07, 6.45) is 0.675. The van der Waals surface area contributed by atoms with E-state index in [9.17, 15) is 9.59 Å². The van der Waals surface area contributed by atoms with E-state index >= 15 is 0 Å². The Morgan fingerprint density at radius 1 is 1.54 bits per heavy atom. The van der Waals surface area contributed by atoms with Crippen molar-refractivity contribution in [3.8, 4) is 0 Å². The monoisotopic (exact) mass is 308 g/mol. The topological polar surface area (TPSA) is 34.1 Å². The predicted octanol–water partition coefficient (Wildman–Crippen LogP) is 2.96. The van der Waals surface area contributed by atoms with Gasteiger partial charge in [0.25, 0.3) is 0 Å². The predicted molar refractivity (Wildman–Crippen MR) is 59.6 cm³/mol. The smallest absolute Gasteiger partial charge is 0.160 e. The van der Waals surface area contributed by atoms with Crippen molar-refractivity contribution in [2.75, 3.05) is 0 Å². The summed E-state index contributed by atoms with van der Waals surface area (Å²) in [7, 11) is 0. The number of Topliss-reactive ketones (excluding diaryl/α,β-unsaturated/α-hetero) is 1. The Bertz CT molecular complexity index is 374. The van der Waals surface area contributed by atoms with E-state index in [1.165, 1.54) is 6.92 Å². The lowest BCUT2D eigenvalue weighted by Crippen LogP contribution is -1.98. The fourth-order valence-corrected chi connectivity index (χ4v) is 1.85. The zero-order valence-electron chi connectivity index (χ0n) is 6.80. The first kappa shape index (κ1) is 10.7. The molecule has 0 radical (unpaired) electrons. The highest BCUT2D eigenvalue weighted by Gasteiger charge is 2.10. The summed E-state index contributed by atoms with van der Waals surface area (Å²) in [5.41, 5.74) is 0.922. The summed E-state index contributed by atoms with van der Waals surface area (Å²) in [5, 5.41) is 0.440. The van der Waals surface area contributed by atoms with E-state index in [0.29, 0.717) is 26.0 Å². The number of hydrogen-bond acceptors (Lipinski definition) is 2. The molecule has 0 spiro atoms. The second-order valence-corrected chi connectivity index (χ2v) is 4.02. The summed E-state index contributed by atoms with van der Waals surface area (Å²) in [4.78, 5) is 21.6. The third-order valence-corrected chi connectivity index (χ3v) is 3.35. The summed E-state index contributed by atoms with van der Waals surface area (Å²) in [5.74, 6) is -0.0880. The molecule has 4 heteroatoms. The second kappa shape index (κ2) is 4.19. The van der Waals surface area contributed by atoms with Gasteiger partial charge in [-0.05, 0) is 41.6 Å². The van der Waals surface area contributed by atoms with Crippen LogP contribution in [0.5, 0.6) is 0 Å². The number of carbonyl (C=O) groups excluding carboxylic acids is 2. The van der Waals surface area contributed by atoms with Crippen LogP contribution in [0.15, 0.2) is 12.1 Å². The number of rotatable bonds is 2. The van der Waals surface area contributed by atoms with E-state index in [4.69, 9.17) is 11.6 Å². The molecule has 1 aromatic carbocycles. The molecular weight excluding hydrogens is 302 g/mol. The molecule has 0 heterocycles.